The summed E-state index contributed by atoms with van der Waals surface area (Å²) in [5.41, 5.74) is 5.22. The minimum Gasteiger partial charge on any atom is -0.444 e. The molecule has 94 valence electrons. The molecule has 0 radical (unpaired) electrons. The largest absolute Gasteiger partial charge is 0.444 e. The van der Waals surface area contributed by atoms with Crippen molar-refractivity contribution in [3.8, 4) is 0 Å². The van der Waals surface area contributed by atoms with Crippen LogP contribution in [0, 0.1) is 5.92 Å². The lowest BCUT2D eigenvalue weighted by atomic mass is 9.93. The highest BCUT2D eigenvalue weighted by Gasteiger charge is 2.27. The van der Waals surface area contributed by atoms with Crippen molar-refractivity contribution < 1.29 is 9.53 Å². The molecule has 0 saturated carbocycles. The van der Waals surface area contributed by atoms with Crippen molar-refractivity contribution in [1.29, 1.82) is 0 Å². The molecule has 1 aliphatic heterocycles. The molecule has 5 heteroatoms. The molecule has 0 aromatic heterocycles. The molecule has 1 saturated heterocycles. The van der Waals surface area contributed by atoms with Crippen LogP contribution in [-0.4, -0.2) is 37.4 Å². The number of ether oxygens (including phenoxy) is 1. The molecule has 1 amide bonds. The van der Waals surface area contributed by atoms with Crippen molar-refractivity contribution in [2.24, 2.45) is 11.7 Å². The molecule has 2 atom stereocenters. The Bertz CT molecular complexity index is 238. The average molecular weight is 229 g/mol. The predicted molar refractivity (Wildman–Crippen MR) is 63.2 cm³/mol. The summed E-state index contributed by atoms with van der Waals surface area (Å²) in [4.78, 5) is 11.6. The smallest absolute Gasteiger partial charge is 0.407 e. The third-order valence-corrected chi connectivity index (χ3v) is 2.63. The van der Waals surface area contributed by atoms with E-state index in [1.807, 2.05) is 20.8 Å². The summed E-state index contributed by atoms with van der Waals surface area (Å²) in [5.74, 6) is 0.341. The van der Waals surface area contributed by atoms with Crippen LogP contribution in [0.2, 0.25) is 0 Å². The second kappa shape index (κ2) is 5.50. The van der Waals surface area contributed by atoms with Crippen LogP contribution in [0.25, 0.3) is 0 Å². The van der Waals surface area contributed by atoms with Gasteiger partial charge in [0.2, 0.25) is 0 Å². The topological polar surface area (TPSA) is 76.4 Å². The molecule has 4 N–H and O–H groups in total. The number of amides is 1. The summed E-state index contributed by atoms with van der Waals surface area (Å²) in [6.45, 7) is 7.89. The van der Waals surface area contributed by atoms with Crippen LogP contribution in [-0.2, 0) is 4.74 Å². The zero-order chi connectivity index (χ0) is 12.2. The zero-order valence-electron chi connectivity index (χ0n) is 10.4. The van der Waals surface area contributed by atoms with Gasteiger partial charge in [0.1, 0.15) is 5.60 Å². The monoisotopic (exact) mass is 229 g/mol. The maximum Gasteiger partial charge on any atom is 0.407 e. The molecule has 0 spiro atoms. The van der Waals surface area contributed by atoms with Crippen LogP contribution in [0.15, 0.2) is 0 Å². The Morgan fingerprint density at radius 3 is 2.81 bits per heavy atom. The Balaban J connectivity index is 2.42. The summed E-state index contributed by atoms with van der Waals surface area (Å²) in [6, 6.07) is 0.0774. The Kier molecular flexibility index (Phi) is 4.56. The fraction of sp³-hybridized carbons (Fsp3) is 0.909. The zero-order valence-corrected chi connectivity index (χ0v) is 10.4. The number of hydrogen-bond donors (Lipinski definition) is 3. The third kappa shape index (κ3) is 4.37. The van der Waals surface area contributed by atoms with Gasteiger partial charge in [0, 0.05) is 12.6 Å². The second-order valence-corrected chi connectivity index (χ2v) is 5.24. The summed E-state index contributed by atoms with van der Waals surface area (Å²) in [5, 5.41) is 6.11. The molecule has 0 unspecified atom stereocenters. The van der Waals surface area contributed by atoms with Crippen LogP contribution >= 0.6 is 0 Å². The van der Waals surface area contributed by atoms with Crippen molar-refractivity contribution in [3.05, 3.63) is 0 Å². The van der Waals surface area contributed by atoms with E-state index in [0.717, 1.165) is 19.5 Å². The van der Waals surface area contributed by atoms with Gasteiger partial charge in [0.05, 0.1) is 0 Å². The van der Waals surface area contributed by atoms with Crippen LogP contribution < -0.4 is 16.4 Å². The van der Waals surface area contributed by atoms with Crippen molar-refractivity contribution in [1.82, 2.24) is 10.6 Å². The average Bonchev–Trinajstić information content (AvgIpc) is 2.15. The first kappa shape index (κ1) is 13.3. The summed E-state index contributed by atoms with van der Waals surface area (Å²) in [6.07, 6.45) is 0.636. The molecule has 0 aromatic carbocycles. The van der Waals surface area contributed by atoms with Gasteiger partial charge in [-0.15, -0.1) is 0 Å². The predicted octanol–water partition coefficient (Wildman–Crippen LogP) is 0.448. The number of alkyl carbamates (subject to hydrolysis) is 1. The quantitative estimate of drug-likeness (QED) is 0.642. The maximum atomic E-state index is 11.6. The molecule has 0 aliphatic carbocycles. The molecule has 5 nitrogen and oxygen atoms in total. The fourth-order valence-corrected chi connectivity index (χ4v) is 1.82. The van der Waals surface area contributed by atoms with Gasteiger partial charge in [-0.05, 0) is 46.2 Å². The molecule has 1 aliphatic rings. The highest BCUT2D eigenvalue weighted by molar-refractivity contribution is 5.68. The Hall–Kier alpha value is -0.810. The van der Waals surface area contributed by atoms with Gasteiger partial charge in [-0.1, -0.05) is 0 Å². The van der Waals surface area contributed by atoms with Gasteiger partial charge in [-0.25, -0.2) is 4.79 Å². The molecule has 16 heavy (non-hydrogen) atoms. The van der Waals surface area contributed by atoms with Crippen molar-refractivity contribution in [2.45, 2.75) is 38.8 Å². The van der Waals surface area contributed by atoms with Gasteiger partial charge >= 0.3 is 6.09 Å². The number of carbonyl (C=O) groups is 1. The van der Waals surface area contributed by atoms with Crippen molar-refractivity contribution >= 4 is 6.09 Å². The van der Waals surface area contributed by atoms with Crippen LogP contribution in [0.5, 0.6) is 0 Å². The van der Waals surface area contributed by atoms with Gasteiger partial charge in [0.25, 0.3) is 0 Å². The minimum absolute atomic E-state index is 0.0774. The lowest BCUT2D eigenvalue weighted by molar-refractivity contribution is 0.0477. The van der Waals surface area contributed by atoms with E-state index in [9.17, 15) is 4.79 Å². The molecule has 1 rings (SSSR count). The van der Waals surface area contributed by atoms with Crippen LogP contribution in [0.4, 0.5) is 4.79 Å². The minimum atomic E-state index is -0.454. The molecule has 0 bridgehead atoms. The van der Waals surface area contributed by atoms with E-state index in [1.165, 1.54) is 0 Å². The summed E-state index contributed by atoms with van der Waals surface area (Å²) < 4.78 is 5.21. The van der Waals surface area contributed by atoms with E-state index in [0.29, 0.717) is 12.5 Å². The highest BCUT2D eigenvalue weighted by Crippen LogP contribution is 2.12. The molecule has 1 heterocycles. The second-order valence-electron chi connectivity index (χ2n) is 5.24. The van der Waals surface area contributed by atoms with E-state index >= 15 is 0 Å². The van der Waals surface area contributed by atoms with E-state index in [4.69, 9.17) is 10.5 Å². The van der Waals surface area contributed by atoms with E-state index < -0.39 is 5.60 Å². The first-order valence-corrected chi connectivity index (χ1v) is 5.82. The standard InChI is InChI=1S/C11H23N3O2/c1-11(2,3)16-10(15)14-9-7-13-5-4-8(9)6-12/h8-9,13H,4-7,12H2,1-3H3,(H,14,15)/t8-,9+/m0/s1. The number of hydrogen-bond acceptors (Lipinski definition) is 4. The SMILES string of the molecule is CC(C)(C)OC(=O)N[C@@H]1CNCC[C@H]1CN. The highest BCUT2D eigenvalue weighted by atomic mass is 16.6. The number of piperidine rings is 1. The molecule has 1 fully saturated rings. The number of carbonyl (C=O) groups excluding carboxylic acids is 1. The lowest BCUT2D eigenvalue weighted by Gasteiger charge is -2.32. The van der Waals surface area contributed by atoms with Crippen LogP contribution in [0.3, 0.4) is 0 Å². The van der Waals surface area contributed by atoms with E-state index in [2.05, 4.69) is 10.6 Å². The molecular formula is C11H23N3O2. The number of nitrogens with one attached hydrogen (secondary N) is 2. The Morgan fingerprint density at radius 1 is 1.56 bits per heavy atom. The molecular weight excluding hydrogens is 206 g/mol. The summed E-state index contributed by atoms with van der Waals surface area (Å²) >= 11 is 0. The molecule has 0 aromatic rings. The van der Waals surface area contributed by atoms with Gasteiger partial charge in [-0.3, -0.25) is 0 Å². The van der Waals surface area contributed by atoms with Crippen LogP contribution in [0.1, 0.15) is 27.2 Å². The Morgan fingerprint density at radius 2 is 2.25 bits per heavy atom. The maximum absolute atomic E-state index is 11.6. The normalized spacial score (nSPS) is 26.2. The fourth-order valence-electron chi connectivity index (χ4n) is 1.82. The van der Waals surface area contributed by atoms with Crippen molar-refractivity contribution in [3.63, 3.8) is 0 Å². The first-order valence-electron chi connectivity index (χ1n) is 5.82. The van der Waals surface area contributed by atoms with Gasteiger partial charge in [0.15, 0.2) is 0 Å². The number of rotatable bonds is 2. The van der Waals surface area contributed by atoms with Crippen molar-refractivity contribution in [2.75, 3.05) is 19.6 Å². The number of nitrogens with two attached hydrogens (primary N) is 1. The van der Waals surface area contributed by atoms with Gasteiger partial charge in [-0.2, -0.15) is 0 Å². The first-order chi connectivity index (χ1) is 7.42. The van der Waals surface area contributed by atoms with E-state index in [1.54, 1.807) is 0 Å². The lowest BCUT2D eigenvalue weighted by Crippen LogP contribution is -2.53. The van der Waals surface area contributed by atoms with E-state index in [-0.39, 0.29) is 12.1 Å². The Labute approximate surface area is 97.1 Å². The third-order valence-electron chi connectivity index (χ3n) is 2.63. The van der Waals surface area contributed by atoms with Gasteiger partial charge < -0.3 is 21.1 Å². The summed E-state index contributed by atoms with van der Waals surface area (Å²) in [7, 11) is 0.